The summed E-state index contributed by atoms with van der Waals surface area (Å²) in [5, 5.41) is 1.28. The first-order valence-electron chi connectivity index (χ1n) is 7.22. The molecule has 0 spiro atoms. The molecule has 3 aromatic rings. The third kappa shape index (κ3) is 4.74. The molecule has 0 fully saturated rings. The number of thiazole rings is 1. The van der Waals surface area contributed by atoms with Crippen molar-refractivity contribution in [3.8, 4) is 0 Å². The Labute approximate surface area is 169 Å². The molecule has 9 heteroatoms. The quantitative estimate of drug-likeness (QED) is 0.536. The number of hydrogen-bond acceptors (Lipinski definition) is 5. The van der Waals surface area contributed by atoms with Gasteiger partial charge in [0.15, 0.2) is 15.6 Å². The van der Waals surface area contributed by atoms with Crippen molar-refractivity contribution in [2.45, 2.75) is 0 Å². The van der Waals surface area contributed by atoms with E-state index in [-0.39, 0.29) is 24.1 Å². The number of benzene rings is 1. The molecule has 1 amide bonds. The molecule has 5 nitrogen and oxygen atoms in total. The topological polar surface area (TPSA) is 49.6 Å². The Morgan fingerprint density at radius 2 is 2.04 bits per heavy atom. The van der Waals surface area contributed by atoms with Crippen LogP contribution in [0, 0.1) is 0 Å². The lowest BCUT2D eigenvalue weighted by Crippen LogP contribution is -2.36. The lowest BCUT2D eigenvalue weighted by Gasteiger charge is -2.20. The van der Waals surface area contributed by atoms with E-state index in [0.29, 0.717) is 27.9 Å². The second-order valence-electron chi connectivity index (χ2n) is 5.47. The number of nitrogens with zero attached hydrogens (tertiary/aromatic N) is 3. The van der Waals surface area contributed by atoms with Crippen LogP contribution in [0.3, 0.4) is 0 Å². The standard InChI is InChI=1S/C16H15BrClN3O2S.ClH/c1-20(2)7-8-21(15(22)12-5-6-14(17)23-12)16-19-11-4-3-10(18)9-13(11)24-16;/h3-6,9H,7-8H2,1-2H3;1H. The van der Waals surface area contributed by atoms with Gasteiger partial charge in [-0.3, -0.25) is 9.69 Å². The highest BCUT2D eigenvalue weighted by molar-refractivity contribution is 9.10. The molecule has 2 heterocycles. The number of rotatable bonds is 5. The molecule has 0 N–H and O–H groups in total. The number of anilines is 1. The summed E-state index contributed by atoms with van der Waals surface area (Å²) in [5.74, 6) is 0.0608. The van der Waals surface area contributed by atoms with Gasteiger partial charge < -0.3 is 9.32 Å². The summed E-state index contributed by atoms with van der Waals surface area (Å²) >= 11 is 10.7. The number of carbonyl (C=O) groups excluding carboxylic acids is 1. The van der Waals surface area contributed by atoms with Gasteiger partial charge >= 0.3 is 0 Å². The Morgan fingerprint density at radius 3 is 2.68 bits per heavy atom. The fraction of sp³-hybridized carbons (Fsp3) is 0.250. The van der Waals surface area contributed by atoms with Crippen molar-refractivity contribution < 1.29 is 9.21 Å². The monoisotopic (exact) mass is 463 g/mol. The smallest absolute Gasteiger partial charge is 0.295 e. The molecular weight excluding hydrogens is 449 g/mol. The molecular formula is C16H16BrCl2N3O2S. The van der Waals surface area contributed by atoms with Gasteiger partial charge in [0.2, 0.25) is 0 Å². The SMILES string of the molecule is CN(C)CCN(C(=O)c1ccc(Br)o1)c1nc2ccc(Cl)cc2s1.Cl. The minimum atomic E-state index is -0.215. The number of hydrogen-bond donors (Lipinski definition) is 0. The molecule has 0 radical (unpaired) electrons. The molecule has 0 bridgehead atoms. The fourth-order valence-corrected chi connectivity index (χ4v) is 3.72. The highest BCUT2D eigenvalue weighted by Crippen LogP contribution is 2.31. The van der Waals surface area contributed by atoms with Gasteiger partial charge in [0.05, 0.1) is 10.2 Å². The predicted molar refractivity (Wildman–Crippen MR) is 109 cm³/mol. The van der Waals surface area contributed by atoms with Gasteiger partial charge in [0.25, 0.3) is 5.91 Å². The first kappa shape index (κ1) is 20.2. The predicted octanol–water partition coefficient (Wildman–Crippen LogP) is 4.94. The molecule has 0 unspecified atom stereocenters. The molecule has 0 saturated carbocycles. The van der Waals surface area contributed by atoms with E-state index in [1.165, 1.54) is 11.3 Å². The second kappa shape index (κ2) is 8.51. The molecule has 0 saturated heterocycles. The van der Waals surface area contributed by atoms with Crippen molar-refractivity contribution in [3.63, 3.8) is 0 Å². The van der Waals surface area contributed by atoms with E-state index in [1.54, 1.807) is 23.1 Å². The molecule has 0 aliphatic rings. The third-order valence-corrected chi connectivity index (χ3v) is 5.07. The molecule has 25 heavy (non-hydrogen) atoms. The van der Waals surface area contributed by atoms with E-state index in [9.17, 15) is 4.79 Å². The van der Waals surface area contributed by atoms with E-state index in [2.05, 4.69) is 20.9 Å². The lowest BCUT2D eigenvalue weighted by molar-refractivity contribution is 0.0957. The van der Waals surface area contributed by atoms with Crippen LogP contribution < -0.4 is 4.90 Å². The van der Waals surface area contributed by atoms with Crippen molar-refractivity contribution in [2.24, 2.45) is 0 Å². The molecule has 1 aromatic carbocycles. The van der Waals surface area contributed by atoms with E-state index in [4.69, 9.17) is 16.0 Å². The second-order valence-corrected chi connectivity index (χ2v) is 7.70. The Hall–Kier alpha value is -1.12. The summed E-state index contributed by atoms with van der Waals surface area (Å²) in [4.78, 5) is 21.1. The fourth-order valence-electron chi connectivity index (χ4n) is 2.15. The van der Waals surface area contributed by atoms with Crippen molar-refractivity contribution >= 4 is 72.5 Å². The molecule has 3 rings (SSSR count). The maximum absolute atomic E-state index is 12.8. The van der Waals surface area contributed by atoms with Crippen LogP contribution in [0.15, 0.2) is 39.4 Å². The Bertz CT molecular complexity index is 881. The van der Waals surface area contributed by atoms with Gasteiger partial charge in [0, 0.05) is 18.1 Å². The summed E-state index contributed by atoms with van der Waals surface area (Å²) < 4.78 is 6.88. The van der Waals surface area contributed by atoms with Crippen molar-refractivity contribution in [1.82, 2.24) is 9.88 Å². The van der Waals surface area contributed by atoms with E-state index in [1.807, 2.05) is 31.1 Å². The van der Waals surface area contributed by atoms with Crippen LogP contribution >= 0.6 is 51.3 Å². The normalized spacial score (nSPS) is 10.9. The van der Waals surface area contributed by atoms with Gasteiger partial charge in [-0.1, -0.05) is 22.9 Å². The zero-order valence-electron chi connectivity index (χ0n) is 13.5. The first-order valence-corrected chi connectivity index (χ1v) is 9.21. The Morgan fingerprint density at radius 1 is 1.28 bits per heavy atom. The molecule has 0 aliphatic heterocycles. The van der Waals surface area contributed by atoms with Crippen LogP contribution in [0.5, 0.6) is 0 Å². The van der Waals surface area contributed by atoms with Crippen LogP contribution in [0.2, 0.25) is 5.02 Å². The zero-order valence-corrected chi connectivity index (χ0v) is 17.5. The number of amides is 1. The minimum Gasteiger partial charge on any atom is -0.444 e. The maximum Gasteiger partial charge on any atom is 0.295 e. The summed E-state index contributed by atoms with van der Waals surface area (Å²) in [6.45, 7) is 1.22. The van der Waals surface area contributed by atoms with Gasteiger partial charge in [-0.15, -0.1) is 12.4 Å². The maximum atomic E-state index is 12.8. The zero-order chi connectivity index (χ0) is 17.3. The summed E-state index contributed by atoms with van der Waals surface area (Å²) in [6.07, 6.45) is 0. The highest BCUT2D eigenvalue weighted by atomic mass is 79.9. The van der Waals surface area contributed by atoms with Crippen LogP contribution in [0.1, 0.15) is 10.6 Å². The number of furan rings is 1. The van der Waals surface area contributed by atoms with Crippen LogP contribution in [0.4, 0.5) is 5.13 Å². The van der Waals surface area contributed by atoms with Crippen molar-refractivity contribution in [2.75, 3.05) is 32.1 Å². The summed E-state index contributed by atoms with van der Waals surface area (Å²) in [5.41, 5.74) is 0.822. The average molecular weight is 465 g/mol. The first-order chi connectivity index (χ1) is 11.4. The highest BCUT2D eigenvalue weighted by Gasteiger charge is 2.24. The van der Waals surface area contributed by atoms with Gasteiger partial charge in [-0.05, 0) is 60.4 Å². The van der Waals surface area contributed by atoms with Crippen molar-refractivity contribution in [3.05, 3.63) is 45.8 Å². The number of likely N-dealkylation sites (N-methyl/N-ethyl adjacent to an activating group) is 1. The largest absolute Gasteiger partial charge is 0.444 e. The van der Waals surface area contributed by atoms with E-state index in [0.717, 1.165) is 10.2 Å². The number of carbonyl (C=O) groups is 1. The van der Waals surface area contributed by atoms with Crippen LogP contribution in [0.25, 0.3) is 10.2 Å². The molecule has 134 valence electrons. The van der Waals surface area contributed by atoms with Crippen LogP contribution in [-0.4, -0.2) is 43.0 Å². The number of fused-ring (bicyclic) bond motifs is 1. The van der Waals surface area contributed by atoms with E-state index >= 15 is 0 Å². The lowest BCUT2D eigenvalue weighted by atomic mass is 10.3. The minimum absolute atomic E-state index is 0. The molecule has 0 aliphatic carbocycles. The number of halogens is 3. The molecule has 0 atom stereocenters. The van der Waals surface area contributed by atoms with Crippen molar-refractivity contribution in [1.29, 1.82) is 0 Å². The molecule has 2 aromatic heterocycles. The Kier molecular flexibility index (Phi) is 6.87. The van der Waals surface area contributed by atoms with E-state index < -0.39 is 0 Å². The van der Waals surface area contributed by atoms with Gasteiger partial charge in [-0.25, -0.2) is 4.98 Å². The van der Waals surface area contributed by atoms with Crippen LogP contribution in [-0.2, 0) is 0 Å². The van der Waals surface area contributed by atoms with Gasteiger partial charge in [0.1, 0.15) is 0 Å². The third-order valence-electron chi connectivity index (χ3n) is 3.37. The summed E-state index contributed by atoms with van der Waals surface area (Å²) in [7, 11) is 3.93. The van der Waals surface area contributed by atoms with Gasteiger partial charge in [-0.2, -0.15) is 0 Å². The number of aromatic nitrogens is 1. The average Bonchev–Trinajstić information content (AvgIpc) is 3.12. The summed E-state index contributed by atoms with van der Waals surface area (Å²) in [6, 6.07) is 8.86. The Balaban J connectivity index is 0.00000225.